The molecule has 5 rings (SSSR count). The van der Waals surface area contributed by atoms with E-state index >= 15 is 0 Å². The van der Waals surface area contributed by atoms with Crippen LogP contribution in [0.2, 0.25) is 0 Å². The molecule has 1 amide bonds. The third-order valence-electron chi connectivity index (χ3n) is 6.30. The molecule has 0 unspecified atom stereocenters. The van der Waals surface area contributed by atoms with Crippen LogP contribution in [0.5, 0.6) is 0 Å². The highest BCUT2D eigenvalue weighted by Gasteiger charge is 2.24. The fraction of sp³-hybridized carbons (Fsp3) is 0.259. The normalized spacial score (nSPS) is 13.8. The number of nitrogens with zero attached hydrogens (tertiary/aromatic N) is 6. The number of amides is 1. The largest absolute Gasteiger partial charge is 0.368 e. The summed E-state index contributed by atoms with van der Waals surface area (Å²) >= 11 is 0. The fourth-order valence-electron chi connectivity index (χ4n) is 4.48. The number of anilines is 1. The molecule has 178 valence electrons. The van der Waals surface area contributed by atoms with Gasteiger partial charge in [-0.25, -0.2) is 9.67 Å². The molecule has 0 atom stereocenters. The van der Waals surface area contributed by atoms with Crippen LogP contribution in [0.15, 0.2) is 77.6 Å². The van der Waals surface area contributed by atoms with Gasteiger partial charge in [0, 0.05) is 49.2 Å². The van der Waals surface area contributed by atoms with Crippen molar-refractivity contribution in [1.82, 2.24) is 24.2 Å². The Morgan fingerprint density at radius 3 is 2.17 bits per heavy atom. The molecule has 35 heavy (non-hydrogen) atoms. The van der Waals surface area contributed by atoms with Crippen LogP contribution >= 0.6 is 0 Å². The summed E-state index contributed by atoms with van der Waals surface area (Å²) in [7, 11) is 0. The van der Waals surface area contributed by atoms with Crippen molar-refractivity contribution in [3.63, 3.8) is 0 Å². The minimum atomic E-state index is -0.280. The van der Waals surface area contributed by atoms with E-state index in [1.807, 2.05) is 73.3 Å². The Morgan fingerprint density at radius 1 is 0.886 bits per heavy atom. The van der Waals surface area contributed by atoms with Gasteiger partial charge in [-0.2, -0.15) is 5.10 Å². The Hall–Kier alpha value is -4.20. The summed E-state index contributed by atoms with van der Waals surface area (Å²) in [5, 5.41) is 4.54. The van der Waals surface area contributed by atoms with E-state index in [4.69, 9.17) is 4.98 Å². The fourth-order valence-corrected chi connectivity index (χ4v) is 4.48. The van der Waals surface area contributed by atoms with Crippen LogP contribution in [0.1, 0.15) is 11.4 Å². The second-order valence-electron chi connectivity index (χ2n) is 8.77. The number of para-hydroxylation sites is 1. The summed E-state index contributed by atoms with van der Waals surface area (Å²) < 4.78 is 3.07. The Morgan fingerprint density at radius 2 is 1.54 bits per heavy atom. The number of carbonyl (C=O) groups excluding carboxylic acids is 1. The molecule has 0 bridgehead atoms. The molecule has 0 spiro atoms. The van der Waals surface area contributed by atoms with Gasteiger partial charge < -0.3 is 9.80 Å². The van der Waals surface area contributed by atoms with Crippen molar-refractivity contribution < 1.29 is 4.79 Å². The van der Waals surface area contributed by atoms with Gasteiger partial charge in [-0.1, -0.05) is 48.5 Å². The summed E-state index contributed by atoms with van der Waals surface area (Å²) in [4.78, 5) is 35.4. The van der Waals surface area contributed by atoms with E-state index in [2.05, 4.69) is 22.1 Å². The lowest BCUT2D eigenvalue weighted by molar-refractivity contribution is -0.132. The van der Waals surface area contributed by atoms with E-state index in [-0.39, 0.29) is 18.0 Å². The highest BCUT2D eigenvalue weighted by atomic mass is 16.2. The molecule has 8 heteroatoms. The first-order valence-electron chi connectivity index (χ1n) is 11.8. The van der Waals surface area contributed by atoms with Crippen LogP contribution < -0.4 is 10.5 Å². The second-order valence-corrected chi connectivity index (χ2v) is 8.77. The third-order valence-corrected chi connectivity index (χ3v) is 6.30. The molecule has 8 nitrogen and oxygen atoms in total. The SMILES string of the molecule is Cc1cc(C)n(-c2nc(-c3ccccc3)cc(=O)n2CC(=O)N2CCN(c3ccccc3)CC2)n1. The van der Waals surface area contributed by atoms with Crippen LogP contribution in [-0.2, 0) is 11.3 Å². The maximum atomic E-state index is 13.3. The lowest BCUT2D eigenvalue weighted by Gasteiger charge is -2.36. The van der Waals surface area contributed by atoms with Crippen LogP contribution in [0.4, 0.5) is 5.69 Å². The number of aromatic nitrogens is 4. The quantitative estimate of drug-likeness (QED) is 0.450. The number of benzene rings is 2. The Kier molecular flexibility index (Phi) is 6.18. The number of aryl methyl sites for hydroxylation is 2. The highest BCUT2D eigenvalue weighted by molar-refractivity contribution is 5.76. The van der Waals surface area contributed by atoms with Gasteiger partial charge in [-0.05, 0) is 32.0 Å². The van der Waals surface area contributed by atoms with E-state index in [1.54, 1.807) is 4.68 Å². The molecule has 1 saturated heterocycles. The number of hydrogen-bond donors (Lipinski definition) is 0. The zero-order chi connectivity index (χ0) is 24.4. The van der Waals surface area contributed by atoms with Gasteiger partial charge >= 0.3 is 0 Å². The molecule has 4 aromatic rings. The van der Waals surface area contributed by atoms with Crippen molar-refractivity contribution in [3.8, 4) is 17.2 Å². The van der Waals surface area contributed by atoms with Crippen molar-refractivity contribution in [2.45, 2.75) is 20.4 Å². The lowest BCUT2D eigenvalue weighted by Crippen LogP contribution is -2.50. The van der Waals surface area contributed by atoms with Crippen LogP contribution in [0.25, 0.3) is 17.2 Å². The summed E-state index contributed by atoms with van der Waals surface area (Å²) in [6, 6.07) is 23.2. The third kappa shape index (κ3) is 4.73. The smallest absolute Gasteiger partial charge is 0.256 e. The topological polar surface area (TPSA) is 76.3 Å². The average molecular weight is 469 g/mol. The Labute approximate surface area is 204 Å². The molecule has 1 aliphatic rings. The first-order chi connectivity index (χ1) is 17.0. The molecule has 0 N–H and O–H groups in total. The maximum absolute atomic E-state index is 13.3. The predicted octanol–water partition coefficient (Wildman–Crippen LogP) is 3.06. The molecule has 1 fully saturated rings. The van der Waals surface area contributed by atoms with Gasteiger partial charge in [0.15, 0.2) is 0 Å². The number of piperazine rings is 1. The number of rotatable bonds is 5. The zero-order valence-corrected chi connectivity index (χ0v) is 20.0. The summed E-state index contributed by atoms with van der Waals surface area (Å²) in [6.45, 7) is 6.43. The van der Waals surface area contributed by atoms with Crippen molar-refractivity contribution in [2.75, 3.05) is 31.1 Å². The molecule has 1 aliphatic heterocycles. The monoisotopic (exact) mass is 468 g/mol. The molecule has 3 heterocycles. The predicted molar refractivity (Wildman–Crippen MR) is 136 cm³/mol. The molecule has 0 aliphatic carbocycles. The van der Waals surface area contributed by atoms with Gasteiger partial charge in [-0.15, -0.1) is 0 Å². The van der Waals surface area contributed by atoms with Gasteiger partial charge in [0.1, 0.15) is 6.54 Å². The summed E-state index contributed by atoms with van der Waals surface area (Å²) in [6.07, 6.45) is 0. The zero-order valence-electron chi connectivity index (χ0n) is 20.0. The van der Waals surface area contributed by atoms with Gasteiger partial charge in [-0.3, -0.25) is 14.2 Å². The van der Waals surface area contributed by atoms with E-state index in [0.717, 1.165) is 35.7 Å². The second kappa shape index (κ2) is 9.58. The van der Waals surface area contributed by atoms with Crippen molar-refractivity contribution >= 4 is 11.6 Å². The van der Waals surface area contributed by atoms with E-state index in [0.29, 0.717) is 24.7 Å². The van der Waals surface area contributed by atoms with Crippen LogP contribution in [0.3, 0.4) is 0 Å². The van der Waals surface area contributed by atoms with Crippen molar-refractivity contribution in [3.05, 3.63) is 94.5 Å². The van der Waals surface area contributed by atoms with Crippen molar-refractivity contribution in [1.29, 1.82) is 0 Å². The van der Waals surface area contributed by atoms with Crippen molar-refractivity contribution in [2.24, 2.45) is 0 Å². The molecule has 0 radical (unpaired) electrons. The molecular formula is C27H28N6O2. The van der Waals surface area contributed by atoms with Crippen LogP contribution in [0, 0.1) is 13.8 Å². The highest BCUT2D eigenvalue weighted by Crippen LogP contribution is 2.19. The molecule has 2 aromatic carbocycles. The lowest BCUT2D eigenvalue weighted by atomic mass is 10.1. The Bertz CT molecular complexity index is 1390. The molecular weight excluding hydrogens is 440 g/mol. The van der Waals surface area contributed by atoms with E-state index < -0.39 is 0 Å². The Balaban J connectivity index is 1.43. The van der Waals surface area contributed by atoms with Gasteiger partial charge in [0.2, 0.25) is 11.9 Å². The maximum Gasteiger partial charge on any atom is 0.256 e. The number of hydrogen-bond acceptors (Lipinski definition) is 5. The molecule has 0 saturated carbocycles. The number of carbonyl (C=O) groups is 1. The first kappa shape index (κ1) is 22.6. The standard InChI is InChI=1S/C27H28N6O2/c1-20-17-21(2)33(29-20)27-28-24(22-9-5-3-6-10-22)18-25(34)32(27)19-26(35)31-15-13-30(14-16-31)23-11-7-4-8-12-23/h3-12,17-18H,13-16,19H2,1-2H3. The average Bonchev–Trinajstić information content (AvgIpc) is 3.23. The van der Waals surface area contributed by atoms with Crippen LogP contribution in [-0.4, -0.2) is 56.3 Å². The van der Waals surface area contributed by atoms with E-state index in [1.165, 1.54) is 10.6 Å². The minimum absolute atomic E-state index is 0.0834. The van der Waals surface area contributed by atoms with Gasteiger partial charge in [0.05, 0.1) is 11.4 Å². The summed E-state index contributed by atoms with van der Waals surface area (Å²) in [5.41, 5.74) is 3.93. The summed E-state index contributed by atoms with van der Waals surface area (Å²) in [5.74, 6) is 0.245. The van der Waals surface area contributed by atoms with E-state index in [9.17, 15) is 9.59 Å². The first-order valence-corrected chi connectivity index (χ1v) is 11.8. The molecule has 2 aromatic heterocycles. The minimum Gasteiger partial charge on any atom is -0.368 e. The van der Waals surface area contributed by atoms with Gasteiger partial charge in [0.25, 0.3) is 5.56 Å².